The van der Waals surface area contributed by atoms with Gasteiger partial charge in [-0.15, -0.1) is 0 Å². The quantitative estimate of drug-likeness (QED) is 0.491. The molecule has 1 aliphatic carbocycles. The van der Waals surface area contributed by atoms with E-state index in [1.165, 1.54) is 42.3 Å². The molecule has 1 rings (SSSR count). The maximum Gasteiger partial charge on any atom is 0.0482 e. The van der Waals surface area contributed by atoms with Crippen LogP contribution in [0.25, 0.3) is 0 Å². The standard InChI is InChI=1S/C7H16OSi/c1-8-7(9)5-3-2-4-6-7/h2-6H2,1,9H3. The molecule has 9 heavy (non-hydrogen) atoms. The van der Waals surface area contributed by atoms with Crippen LogP contribution in [0.2, 0.25) is 0 Å². The summed E-state index contributed by atoms with van der Waals surface area (Å²) in [5.74, 6) is 0. The Kier molecular flexibility index (Phi) is 2.30. The molecule has 0 unspecified atom stereocenters. The van der Waals surface area contributed by atoms with Crippen molar-refractivity contribution in [2.45, 2.75) is 37.3 Å². The summed E-state index contributed by atoms with van der Waals surface area (Å²) in [5, 5.41) is 0.359. The molecule has 1 saturated carbocycles. The lowest BCUT2D eigenvalue weighted by Gasteiger charge is -2.32. The third kappa shape index (κ3) is 1.80. The van der Waals surface area contributed by atoms with Crippen LogP contribution in [0.15, 0.2) is 0 Å². The summed E-state index contributed by atoms with van der Waals surface area (Å²) < 4.78 is 5.44. The van der Waals surface area contributed by atoms with Crippen LogP contribution in [0.1, 0.15) is 32.1 Å². The summed E-state index contributed by atoms with van der Waals surface area (Å²) in [7, 11) is 3.07. The van der Waals surface area contributed by atoms with E-state index in [0.29, 0.717) is 5.22 Å². The van der Waals surface area contributed by atoms with Gasteiger partial charge in [-0.25, -0.2) is 0 Å². The van der Waals surface area contributed by atoms with Crippen molar-refractivity contribution in [3.8, 4) is 0 Å². The minimum Gasteiger partial charge on any atom is -0.383 e. The Morgan fingerprint density at radius 2 is 1.78 bits per heavy atom. The number of hydrogen-bond acceptors (Lipinski definition) is 1. The average Bonchev–Trinajstić information content (AvgIpc) is 1.90. The van der Waals surface area contributed by atoms with Gasteiger partial charge in [0.25, 0.3) is 0 Å². The monoisotopic (exact) mass is 144 g/mol. The summed E-state index contributed by atoms with van der Waals surface area (Å²) in [4.78, 5) is 0. The summed E-state index contributed by atoms with van der Waals surface area (Å²) in [6, 6.07) is 0. The fraction of sp³-hybridized carbons (Fsp3) is 1.00. The Bertz CT molecular complexity index is 86.9. The molecule has 0 aromatic carbocycles. The minimum absolute atomic E-state index is 0.359. The second kappa shape index (κ2) is 2.84. The second-order valence-electron chi connectivity index (χ2n) is 3.21. The van der Waals surface area contributed by atoms with E-state index in [0.717, 1.165) is 0 Å². The van der Waals surface area contributed by atoms with Gasteiger partial charge in [-0.05, 0) is 12.8 Å². The molecule has 1 fully saturated rings. The topological polar surface area (TPSA) is 9.23 Å². The zero-order valence-corrected chi connectivity index (χ0v) is 8.44. The maximum absolute atomic E-state index is 5.44. The molecule has 0 heterocycles. The molecule has 0 radical (unpaired) electrons. The molecule has 0 N–H and O–H groups in total. The Morgan fingerprint density at radius 1 is 1.22 bits per heavy atom. The number of rotatable bonds is 1. The lowest BCUT2D eigenvalue weighted by Crippen LogP contribution is -2.33. The highest BCUT2D eigenvalue weighted by molar-refractivity contribution is 6.14. The molecule has 1 aliphatic rings. The van der Waals surface area contributed by atoms with Crippen LogP contribution in [0.5, 0.6) is 0 Å². The van der Waals surface area contributed by atoms with E-state index in [1.807, 2.05) is 7.11 Å². The molecule has 54 valence electrons. The molecule has 0 aromatic heterocycles. The lowest BCUT2D eigenvalue weighted by atomic mass is 9.97. The summed E-state index contributed by atoms with van der Waals surface area (Å²) in [5.41, 5.74) is 0. The van der Waals surface area contributed by atoms with E-state index in [9.17, 15) is 0 Å². The fourth-order valence-electron chi connectivity index (χ4n) is 1.50. The van der Waals surface area contributed by atoms with E-state index in [1.54, 1.807) is 0 Å². The Labute approximate surface area is 60.2 Å². The molecule has 0 aromatic rings. The molecular weight excluding hydrogens is 128 g/mol. The van der Waals surface area contributed by atoms with Crippen molar-refractivity contribution in [1.29, 1.82) is 0 Å². The van der Waals surface area contributed by atoms with Gasteiger partial charge >= 0.3 is 0 Å². The van der Waals surface area contributed by atoms with Gasteiger partial charge < -0.3 is 4.74 Å². The Morgan fingerprint density at radius 3 is 2.11 bits per heavy atom. The first-order valence-corrected chi connectivity index (χ1v) is 4.82. The van der Waals surface area contributed by atoms with Crippen molar-refractivity contribution in [2.75, 3.05) is 7.11 Å². The van der Waals surface area contributed by atoms with Crippen molar-refractivity contribution >= 4 is 10.2 Å². The van der Waals surface area contributed by atoms with Gasteiger partial charge in [0, 0.05) is 22.6 Å². The van der Waals surface area contributed by atoms with Crippen LogP contribution in [-0.2, 0) is 4.74 Å². The zero-order valence-electron chi connectivity index (χ0n) is 6.44. The molecule has 1 nitrogen and oxygen atoms in total. The normalized spacial score (nSPS) is 26.3. The molecule has 0 atom stereocenters. The van der Waals surface area contributed by atoms with Crippen molar-refractivity contribution in [1.82, 2.24) is 0 Å². The van der Waals surface area contributed by atoms with Gasteiger partial charge in [0.15, 0.2) is 0 Å². The van der Waals surface area contributed by atoms with Gasteiger partial charge in [0.05, 0.1) is 0 Å². The van der Waals surface area contributed by atoms with Crippen molar-refractivity contribution in [3.05, 3.63) is 0 Å². The summed E-state index contributed by atoms with van der Waals surface area (Å²) >= 11 is 0. The van der Waals surface area contributed by atoms with Gasteiger partial charge in [0.1, 0.15) is 0 Å². The van der Waals surface area contributed by atoms with E-state index >= 15 is 0 Å². The fourth-order valence-corrected chi connectivity index (χ4v) is 2.21. The first-order valence-electron chi connectivity index (χ1n) is 3.82. The molecule has 0 saturated heterocycles. The third-order valence-electron chi connectivity index (χ3n) is 2.40. The van der Waals surface area contributed by atoms with Gasteiger partial charge in [0.2, 0.25) is 0 Å². The molecule has 2 heteroatoms. The average molecular weight is 144 g/mol. The van der Waals surface area contributed by atoms with Gasteiger partial charge in [-0.2, -0.15) is 0 Å². The molecule has 0 amide bonds. The van der Waals surface area contributed by atoms with Gasteiger partial charge in [-0.1, -0.05) is 19.3 Å². The van der Waals surface area contributed by atoms with E-state index in [2.05, 4.69) is 0 Å². The van der Waals surface area contributed by atoms with Crippen LogP contribution in [0, 0.1) is 0 Å². The highest BCUT2D eigenvalue weighted by Gasteiger charge is 2.25. The summed E-state index contributed by atoms with van der Waals surface area (Å²) in [6.45, 7) is 0. The number of methoxy groups -OCH3 is 1. The SMILES string of the molecule is COC1([SiH3])CCCCC1. The molecule has 0 bridgehead atoms. The predicted octanol–water partition coefficient (Wildman–Crippen LogP) is 0.659. The third-order valence-corrected chi connectivity index (χ3v) is 3.81. The largest absolute Gasteiger partial charge is 0.383 e. The van der Waals surface area contributed by atoms with E-state index < -0.39 is 0 Å². The maximum atomic E-state index is 5.44. The van der Waals surface area contributed by atoms with Crippen LogP contribution in [-0.4, -0.2) is 22.6 Å². The van der Waals surface area contributed by atoms with Crippen molar-refractivity contribution < 1.29 is 4.74 Å². The smallest absolute Gasteiger partial charge is 0.0482 e. The van der Waals surface area contributed by atoms with Crippen molar-refractivity contribution in [2.24, 2.45) is 0 Å². The Hall–Kier alpha value is 0.177. The first-order chi connectivity index (χ1) is 4.27. The highest BCUT2D eigenvalue weighted by atomic mass is 28.1. The first kappa shape index (κ1) is 7.29. The molecule has 0 aliphatic heterocycles. The number of hydrogen-bond donors (Lipinski definition) is 0. The zero-order chi connectivity index (χ0) is 6.74. The van der Waals surface area contributed by atoms with Crippen LogP contribution in [0.3, 0.4) is 0 Å². The van der Waals surface area contributed by atoms with Crippen LogP contribution in [0.4, 0.5) is 0 Å². The minimum atomic E-state index is 0.359. The highest BCUT2D eigenvalue weighted by Crippen LogP contribution is 2.27. The van der Waals surface area contributed by atoms with Crippen molar-refractivity contribution in [3.63, 3.8) is 0 Å². The van der Waals surface area contributed by atoms with Crippen LogP contribution >= 0.6 is 0 Å². The molecular formula is C7H16OSi. The van der Waals surface area contributed by atoms with Gasteiger partial charge in [-0.3, -0.25) is 0 Å². The summed E-state index contributed by atoms with van der Waals surface area (Å²) in [6.07, 6.45) is 6.83. The second-order valence-corrected chi connectivity index (χ2v) is 5.04. The lowest BCUT2D eigenvalue weighted by molar-refractivity contribution is 0.0319. The van der Waals surface area contributed by atoms with Crippen LogP contribution < -0.4 is 0 Å². The Balaban J connectivity index is 2.37. The van der Waals surface area contributed by atoms with E-state index in [4.69, 9.17) is 4.74 Å². The predicted molar refractivity (Wildman–Crippen MR) is 42.8 cm³/mol. The molecule has 0 spiro atoms. The number of ether oxygens (including phenoxy) is 1. The van der Waals surface area contributed by atoms with E-state index in [-0.39, 0.29) is 0 Å².